The topological polar surface area (TPSA) is 55.4 Å². The standard InChI is InChI=1S/C20H16F3NO3S/c21-20(22,23)27-18-12-6-7-13-19(18)28(25,26)24-17-11-5-4-10-16(17)14-15-8-2-1-3-9-15/h1-13,24H,14H2. The van der Waals surface area contributed by atoms with E-state index in [2.05, 4.69) is 9.46 Å². The van der Waals surface area contributed by atoms with Crippen molar-refractivity contribution in [1.82, 2.24) is 0 Å². The largest absolute Gasteiger partial charge is 0.573 e. The third-order valence-corrected chi connectivity index (χ3v) is 5.27. The lowest BCUT2D eigenvalue weighted by Gasteiger charge is -2.16. The van der Waals surface area contributed by atoms with Gasteiger partial charge < -0.3 is 4.74 Å². The molecule has 0 aliphatic heterocycles. The minimum absolute atomic E-state index is 0.285. The third-order valence-electron chi connectivity index (χ3n) is 3.86. The summed E-state index contributed by atoms with van der Waals surface area (Å²) < 4.78 is 69.6. The summed E-state index contributed by atoms with van der Waals surface area (Å²) in [6.07, 6.45) is -4.54. The van der Waals surface area contributed by atoms with Gasteiger partial charge >= 0.3 is 6.36 Å². The average Bonchev–Trinajstić information content (AvgIpc) is 2.63. The predicted molar refractivity (Wildman–Crippen MR) is 99.6 cm³/mol. The molecule has 4 nitrogen and oxygen atoms in total. The molecule has 0 saturated carbocycles. The molecule has 0 amide bonds. The van der Waals surface area contributed by atoms with Gasteiger partial charge in [-0.15, -0.1) is 13.2 Å². The van der Waals surface area contributed by atoms with Gasteiger partial charge in [-0.1, -0.05) is 60.7 Å². The highest BCUT2D eigenvalue weighted by atomic mass is 32.2. The van der Waals surface area contributed by atoms with E-state index in [4.69, 9.17) is 0 Å². The Bertz CT molecular complexity index is 1050. The van der Waals surface area contributed by atoms with Crippen LogP contribution in [-0.4, -0.2) is 14.8 Å². The maximum atomic E-state index is 12.8. The molecule has 1 N–H and O–H groups in total. The Morgan fingerprint density at radius 3 is 2.14 bits per heavy atom. The van der Waals surface area contributed by atoms with Gasteiger partial charge in [0.15, 0.2) is 0 Å². The molecule has 0 aromatic heterocycles. The van der Waals surface area contributed by atoms with E-state index in [1.807, 2.05) is 30.3 Å². The van der Waals surface area contributed by atoms with Crippen LogP contribution in [0, 0.1) is 0 Å². The van der Waals surface area contributed by atoms with Crippen molar-refractivity contribution in [2.75, 3.05) is 4.72 Å². The normalized spacial score (nSPS) is 11.8. The number of sulfonamides is 1. The van der Waals surface area contributed by atoms with Crippen LogP contribution in [-0.2, 0) is 16.4 Å². The Kier molecular flexibility index (Phi) is 5.60. The fourth-order valence-electron chi connectivity index (χ4n) is 2.67. The van der Waals surface area contributed by atoms with Crippen LogP contribution < -0.4 is 9.46 Å². The quantitative estimate of drug-likeness (QED) is 0.627. The van der Waals surface area contributed by atoms with Crippen molar-refractivity contribution in [3.05, 3.63) is 90.0 Å². The van der Waals surface area contributed by atoms with Gasteiger partial charge in [0.2, 0.25) is 0 Å². The second kappa shape index (κ2) is 7.93. The monoisotopic (exact) mass is 407 g/mol. The number of benzene rings is 3. The molecule has 0 fully saturated rings. The summed E-state index contributed by atoms with van der Waals surface area (Å²) in [6, 6.07) is 20.7. The molecule has 0 atom stereocenters. The van der Waals surface area contributed by atoms with Crippen molar-refractivity contribution in [1.29, 1.82) is 0 Å². The molecule has 8 heteroatoms. The molecule has 3 rings (SSSR count). The van der Waals surface area contributed by atoms with Crippen molar-refractivity contribution in [2.24, 2.45) is 0 Å². The van der Waals surface area contributed by atoms with Crippen LogP contribution in [0.3, 0.4) is 0 Å². The van der Waals surface area contributed by atoms with E-state index in [9.17, 15) is 21.6 Å². The Morgan fingerprint density at radius 2 is 1.43 bits per heavy atom. The van der Waals surface area contributed by atoms with Crippen LogP contribution >= 0.6 is 0 Å². The predicted octanol–water partition coefficient (Wildman–Crippen LogP) is 4.98. The number of hydrogen-bond acceptors (Lipinski definition) is 3. The Labute approximate surface area is 160 Å². The molecule has 0 radical (unpaired) electrons. The molecular formula is C20H16F3NO3S. The molecule has 0 spiro atoms. The molecule has 0 heterocycles. The zero-order valence-electron chi connectivity index (χ0n) is 14.5. The van der Waals surface area contributed by atoms with Gasteiger partial charge in [0, 0.05) is 0 Å². The molecular weight excluding hydrogens is 391 g/mol. The van der Waals surface area contributed by atoms with Gasteiger partial charge in [0.1, 0.15) is 10.6 Å². The number of anilines is 1. The van der Waals surface area contributed by atoms with Gasteiger partial charge in [0.25, 0.3) is 10.0 Å². The first-order chi connectivity index (χ1) is 13.2. The molecule has 0 unspecified atom stereocenters. The van der Waals surface area contributed by atoms with E-state index in [0.717, 1.165) is 17.7 Å². The van der Waals surface area contributed by atoms with Gasteiger partial charge in [-0.2, -0.15) is 0 Å². The summed E-state index contributed by atoms with van der Waals surface area (Å²) in [5, 5.41) is 0. The minimum atomic E-state index is -5.00. The lowest BCUT2D eigenvalue weighted by molar-refractivity contribution is -0.275. The van der Waals surface area contributed by atoms with Crippen LogP contribution in [0.2, 0.25) is 0 Å². The molecule has 3 aromatic rings. The van der Waals surface area contributed by atoms with E-state index in [1.165, 1.54) is 12.1 Å². The number of halogens is 3. The van der Waals surface area contributed by atoms with E-state index >= 15 is 0 Å². The van der Waals surface area contributed by atoms with Gasteiger partial charge in [-0.3, -0.25) is 4.72 Å². The number of hydrogen-bond donors (Lipinski definition) is 1. The number of para-hydroxylation sites is 2. The molecule has 0 bridgehead atoms. The van der Waals surface area contributed by atoms with Gasteiger partial charge in [-0.05, 0) is 35.7 Å². The zero-order chi connectivity index (χ0) is 20.2. The highest BCUT2D eigenvalue weighted by Crippen LogP contribution is 2.31. The fraction of sp³-hybridized carbons (Fsp3) is 0.100. The SMILES string of the molecule is O=S(=O)(Nc1ccccc1Cc1ccccc1)c1ccccc1OC(F)(F)F. The summed E-state index contributed by atoms with van der Waals surface area (Å²) in [5.41, 5.74) is 1.94. The van der Waals surface area contributed by atoms with Crippen molar-refractivity contribution < 1.29 is 26.3 Å². The van der Waals surface area contributed by atoms with Crippen LogP contribution in [0.5, 0.6) is 5.75 Å². The van der Waals surface area contributed by atoms with Crippen LogP contribution in [0.1, 0.15) is 11.1 Å². The Balaban J connectivity index is 1.92. The minimum Gasteiger partial charge on any atom is -0.404 e. The van der Waals surface area contributed by atoms with E-state index in [-0.39, 0.29) is 5.69 Å². The summed E-state index contributed by atoms with van der Waals surface area (Å²) in [4.78, 5) is -0.596. The Morgan fingerprint density at radius 1 is 0.821 bits per heavy atom. The maximum absolute atomic E-state index is 12.8. The summed E-state index contributed by atoms with van der Waals surface area (Å²) in [6.45, 7) is 0. The molecule has 28 heavy (non-hydrogen) atoms. The number of alkyl halides is 3. The molecule has 3 aromatic carbocycles. The second-order valence-corrected chi connectivity index (χ2v) is 7.57. The molecule has 0 aliphatic carbocycles. The molecule has 0 saturated heterocycles. The maximum Gasteiger partial charge on any atom is 0.573 e. The highest BCUT2D eigenvalue weighted by molar-refractivity contribution is 7.92. The van der Waals surface area contributed by atoms with E-state index < -0.39 is 27.0 Å². The van der Waals surface area contributed by atoms with E-state index in [1.54, 1.807) is 24.3 Å². The van der Waals surface area contributed by atoms with Crippen LogP contribution in [0.15, 0.2) is 83.8 Å². The van der Waals surface area contributed by atoms with Crippen molar-refractivity contribution >= 4 is 15.7 Å². The Hall–Kier alpha value is -3.00. The van der Waals surface area contributed by atoms with Gasteiger partial charge in [0.05, 0.1) is 5.69 Å². The van der Waals surface area contributed by atoms with Crippen molar-refractivity contribution in [3.63, 3.8) is 0 Å². The average molecular weight is 407 g/mol. The summed E-state index contributed by atoms with van der Waals surface area (Å²) in [7, 11) is -4.31. The smallest absolute Gasteiger partial charge is 0.404 e. The van der Waals surface area contributed by atoms with E-state index in [0.29, 0.717) is 12.0 Å². The van der Waals surface area contributed by atoms with Crippen molar-refractivity contribution in [3.8, 4) is 5.75 Å². The molecule has 0 aliphatic rings. The molecule has 146 valence electrons. The number of nitrogens with one attached hydrogen (secondary N) is 1. The van der Waals surface area contributed by atoms with Crippen LogP contribution in [0.25, 0.3) is 0 Å². The van der Waals surface area contributed by atoms with Gasteiger partial charge in [-0.25, -0.2) is 8.42 Å². The highest BCUT2D eigenvalue weighted by Gasteiger charge is 2.34. The lowest BCUT2D eigenvalue weighted by atomic mass is 10.0. The van der Waals surface area contributed by atoms with Crippen LogP contribution in [0.4, 0.5) is 18.9 Å². The first-order valence-electron chi connectivity index (χ1n) is 8.24. The first kappa shape index (κ1) is 19.8. The summed E-state index contributed by atoms with van der Waals surface area (Å²) in [5.74, 6) is -0.789. The second-order valence-electron chi connectivity index (χ2n) is 5.92. The summed E-state index contributed by atoms with van der Waals surface area (Å²) >= 11 is 0. The van der Waals surface area contributed by atoms with Crippen molar-refractivity contribution in [2.45, 2.75) is 17.7 Å². The lowest BCUT2D eigenvalue weighted by Crippen LogP contribution is -2.21. The zero-order valence-corrected chi connectivity index (χ0v) is 15.3. The number of rotatable bonds is 6. The fourth-order valence-corrected chi connectivity index (χ4v) is 3.90. The third kappa shape index (κ3) is 5.04. The number of ether oxygens (including phenoxy) is 1. The first-order valence-corrected chi connectivity index (χ1v) is 9.72.